The highest BCUT2D eigenvalue weighted by Crippen LogP contribution is 2.29. The van der Waals surface area contributed by atoms with Crippen LogP contribution in [0.2, 0.25) is 0 Å². The van der Waals surface area contributed by atoms with Gasteiger partial charge < -0.3 is 9.26 Å². The maximum absolute atomic E-state index is 5.44. The minimum Gasteiger partial charge on any atom is -0.495 e. The number of rotatable bonds is 5. The lowest BCUT2D eigenvalue weighted by Gasteiger charge is -2.30. The molecular weight excluding hydrogens is 292 g/mol. The number of aromatic nitrogens is 3. The minimum atomic E-state index is 0.309. The average Bonchev–Trinajstić information content (AvgIpc) is 3.06. The van der Waals surface area contributed by atoms with Gasteiger partial charge in [0.25, 0.3) is 0 Å². The number of hydrogen-bond acceptors (Lipinski definition) is 6. The number of likely N-dealkylation sites (tertiary alicyclic amines) is 1. The molecule has 23 heavy (non-hydrogen) atoms. The third-order valence-corrected chi connectivity index (χ3v) is 4.35. The number of pyridine rings is 1. The first kappa shape index (κ1) is 15.9. The topological polar surface area (TPSA) is 64.3 Å². The number of nitrogens with zero attached hydrogens (tertiary/aromatic N) is 4. The maximum atomic E-state index is 5.44. The Balaban J connectivity index is 1.57. The lowest BCUT2D eigenvalue weighted by atomic mass is 9.96. The van der Waals surface area contributed by atoms with Gasteiger partial charge in [-0.15, -0.1) is 0 Å². The van der Waals surface area contributed by atoms with Gasteiger partial charge in [0, 0.05) is 24.6 Å². The summed E-state index contributed by atoms with van der Waals surface area (Å²) < 4.78 is 10.8. The summed E-state index contributed by atoms with van der Waals surface area (Å²) in [6, 6.07) is 3.86. The lowest BCUT2D eigenvalue weighted by Crippen LogP contribution is -2.33. The van der Waals surface area contributed by atoms with E-state index >= 15 is 0 Å². The van der Waals surface area contributed by atoms with Crippen molar-refractivity contribution in [3.05, 3.63) is 35.7 Å². The quantitative estimate of drug-likeness (QED) is 0.845. The van der Waals surface area contributed by atoms with Crippen LogP contribution < -0.4 is 4.74 Å². The molecule has 0 bridgehead atoms. The van der Waals surface area contributed by atoms with Crippen LogP contribution in [0.3, 0.4) is 0 Å². The van der Waals surface area contributed by atoms with Crippen molar-refractivity contribution in [3.8, 4) is 5.75 Å². The Bertz CT molecular complexity index is 633. The van der Waals surface area contributed by atoms with E-state index in [1.54, 1.807) is 7.11 Å². The van der Waals surface area contributed by atoms with Crippen LogP contribution in [0.5, 0.6) is 5.75 Å². The van der Waals surface area contributed by atoms with Crippen molar-refractivity contribution in [2.24, 2.45) is 0 Å². The molecule has 2 aromatic heterocycles. The predicted molar refractivity (Wildman–Crippen MR) is 86.4 cm³/mol. The third-order valence-electron chi connectivity index (χ3n) is 4.35. The molecule has 0 N–H and O–H groups in total. The zero-order valence-corrected chi connectivity index (χ0v) is 14.0. The standard InChI is InChI=1S/C17H24N4O2/c1-12(2)16-19-17(23-20-16)13-6-9-21(10-7-13)11-14-15(22-3)5-4-8-18-14/h4-5,8,12-13H,6-7,9-11H2,1-3H3. The van der Waals surface area contributed by atoms with Gasteiger partial charge in [-0.3, -0.25) is 9.88 Å². The van der Waals surface area contributed by atoms with Crippen molar-refractivity contribution in [1.82, 2.24) is 20.0 Å². The van der Waals surface area contributed by atoms with E-state index in [9.17, 15) is 0 Å². The van der Waals surface area contributed by atoms with E-state index in [1.807, 2.05) is 18.3 Å². The summed E-state index contributed by atoms with van der Waals surface area (Å²) in [4.78, 5) is 11.4. The average molecular weight is 316 g/mol. The molecule has 2 aromatic rings. The number of ether oxygens (including phenoxy) is 1. The Morgan fingerprint density at radius 1 is 1.35 bits per heavy atom. The van der Waals surface area contributed by atoms with Crippen LogP contribution in [-0.2, 0) is 6.54 Å². The van der Waals surface area contributed by atoms with Crippen molar-refractivity contribution < 1.29 is 9.26 Å². The molecule has 3 rings (SSSR count). The fourth-order valence-electron chi connectivity index (χ4n) is 2.93. The van der Waals surface area contributed by atoms with Gasteiger partial charge >= 0.3 is 0 Å². The second-order valence-corrected chi connectivity index (χ2v) is 6.35. The molecule has 0 saturated carbocycles. The Hall–Kier alpha value is -1.95. The minimum absolute atomic E-state index is 0.309. The van der Waals surface area contributed by atoms with Crippen LogP contribution in [0, 0.1) is 0 Å². The molecule has 6 nitrogen and oxygen atoms in total. The van der Waals surface area contributed by atoms with Gasteiger partial charge in [-0.25, -0.2) is 0 Å². The highest BCUT2D eigenvalue weighted by atomic mass is 16.5. The summed E-state index contributed by atoms with van der Waals surface area (Å²) in [5.41, 5.74) is 0.994. The molecule has 6 heteroatoms. The summed E-state index contributed by atoms with van der Waals surface area (Å²) >= 11 is 0. The van der Waals surface area contributed by atoms with Crippen molar-refractivity contribution in [2.75, 3.05) is 20.2 Å². The van der Waals surface area contributed by atoms with E-state index in [0.717, 1.165) is 55.6 Å². The normalized spacial score (nSPS) is 16.9. The molecule has 0 spiro atoms. The highest BCUT2D eigenvalue weighted by molar-refractivity contribution is 5.26. The highest BCUT2D eigenvalue weighted by Gasteiger charge is 2.26. The van der Waals surface area contributed by atoms with Crippen LogP contribution >= 0.6 is 0 Å². The zero-order valence-electron chi connectivity index (χ0n) is 14.0. The van der Waals surface area contributed by atoms with E-state index in [-0.39, 0.29) is 0 Å². The predicted octanol–water partition coefficient (Wildman–Crippen LogP) is 2.98. The van der Waals surface area contributed by atoms with Gasteiger partial charge in [0.15, 0.2) is 5.82 Å². The van der Waals surface area contributed by atoms with Gasteiger partial charge in [0.05, 0.1) is 12.8 Å². The molecule has 1 aliphatic heterocycles. The molecule has 1 aliphatic rings. The van der Waals surface area contributed by atoms with Crippen molar-refractivity contribution in [1.29, 1.82) is 0 Å². The smallest absolute Gasteiger partial charge is 0.229 e. The van der Waals surface area contributed by atoms with E-state index in [1.165, 1.54) is 0 Å². The van der Waals surface area contributed by atoms with Gasteiger partial charge in [0.1, 0.15) is 5.75 Å². The van der Waals surface area contributed by atoms with Crippen LogP contribution in [0.15, 0.2) is 22.9 Å². The number of piperidine rings is 1. The summed E-state index contributed by atoms with van der Waals surface area (Å²) in [6.07, 6.45) is 3.89. The first-order valence-corrected chi connectivity index (χ1v) is 8.21. The molecular formula is C17H24N4O2. The van der Waals surface area contributed by atoms with E-state index in [2.05, 4.69) is 33.9 Å². The van der Waals surface area contributed by atoms with Gasteiger partial charge in [0.2, 0.25) is 5.89 Å². The van der Waals surface area contributed by atoms with Crippen molar-refractivity contribution in [2.45, 2.75) is 45.1 Å². The summed E-state index contributed by atoms with van der Waals surface area (Å²) in [5.74, 6) is 3.14. The SMILES string of the molecule is COc1cccnc1CN1CCC(c2nc(C(C)C)no2)CC1. The fourth-order valence-corrected chi connectivity index (χ4v) is 2.93. The van der Waals surface area contributed by atoms with Crippen LogP contribution in [0.25, 0.3) is 0 Å². The monoisotopic (exact) mass is 316 g/mol. The van der Waals surface area contributed by atoms with Crippen molar-refractivity contribution >= 4 is 0 Å². The summed E-state index contributed by atoms with van der Waals surface area (Å²) in [7, 11) is 1.69. The van der Waals surface area contributed by atoms with Gasteiger partial charge in [-0.2, -0.15) is 4.98 Å². The van der Waals surface area contributed by atoms with Gasteiger partial charge in [-0.1, -0.05) is 19.0 Å². The van der Waals surface area contributed by atoms with Crippen LogP contribution in [0.4, 0.5) is 0 Å². The number of hydrogen-bond donors (Lipinski definition) is 0. The van der Waals surface area contributed by atoms with E-state index in [4.69, 9.17) is 9.26 Å². The van der Waals surface area contributed by atoms with Crippen molar-refractivity contribution in [3.63, 3.8) is 0 Å². The first-order valence-electron chi connectivity index (χ1n) is 8.21. The Labute approximate surface area is 136 Å². The van der Waals surface area contributed by atoms with Gasteiger partial charge in [-0.05, 0) is 38.1 Å². The molecule has 0 unspecified atom stereocenters. The molecule has 3 heterocycles. The summed E-state index contributed by atoms with van der Waals surface area (Å²) in [6.45, 7) is 6.99. The molecule has 1 saturated heterocycles. The maximum Gasteiger partial charge on any atom is 0.229 e. The zero-order chi connectivity index (χ0) is 16.2. The third kappa shape index (κ3) is 3.69. The van der Waals surface area contributed by atoms with Crippen LogP contribution in [-0.4, -0.2) is 40.2 Å². The molecule has 124 valence electrons. The van der Waals surface area contributed by atoms with E-state index in [0.29, 0.717) is 11.8 Å². The molecule has 0 aromatic carbocycles. The molecule has 0 amide bonds. The Kier molecular flexibility index (Phi) is 4.91. The second kappa shape index (κ2) is 7.08. The molecule has 0 aliphatic carbocycles. The fraction of sp³-hybridized carbons (Fsp3) is 0.588. The largest absolute Gasteiger partial charge is 0.495 e. The molecule has 0 radical (unpaired) electrons. The number of methoxy groups -OCH3 is 1. The molecule has 0 atom stereocenters. The Morgan fingerprint density at radius 2 is 2.13 bits per heavy atom. The lowest BCUT2D eigenvalue weighted by molar-refractivity contribution is 0.184. The first-order chi connectivity index (χ1) is 11.2. The second-order valence-electron chi connectivity index (χ2n) is 6.35. The molecule has 1 fully saturated rings. The van der Waals surface area contributed by atoms with Crippen LogP contribution in [0.1, 0.15) is 55.9 Å². The Morgan fingerprint density at radius 3 is 2.78 bits per heavy atom. The van der Waals surface area contributed by atoms with E-state index < -0.39 is 0 Å². The summed E-state index contributed by atoms with van der Waals surface area (Å²) in [5, 5.41) is 4.07.